The molecule has 0 radical (unpaired) electrons. The minimum Gasteiger partial charge on any atom is -0.439 e. The van der Waals surface area contributed by atoms with Crippen molar-refractivity contribution in [3.8, 4) is 11.6 Å². The van der Waals surface area contributed by atoms with E-state index in [1.807, 2.05) is 36.4 Å². The number of para-hydroxylation sites is 2. The van der Waals surface area contributed by atoms with Gasteiger partial charge in [-0.15, -0.1) is 0 Å². The largest absolute Gasteiger partial charge is 0.439 e. The lowest BCUT2D eigenvalue weighted by atomic mass is 9.97. The molecule has 0 amide bonds. The van der Waals surface area contributed by atoms with Crippen LogP contribution in [0.4, 0.5) is 0 Å². The molecule has 0 unspecified atom stereocenters. The second-order valence-electron chi connectivity index (χ2n) is 8.01. The van der Waals surface area contributed by atoms with E-state index in [0.29, 0.717) is 34.9 Å². The SMILES string of the molecule is O=C(c1ccc(Oc2ncccc2[C@H]2CC[C@H](CO)C2)cc1)c1nc2ccccc2[nH]1. The van der Waals surface area contributed by atoms with Gasteiger partial charge in [-0.25, -0.2) is 9.97 Å². The highest BCUT2D eigenvalue weighted by Gasteiger charge is 2.28. The van der Waals surface area contributed by atoms with Crippen LogP contribution in [0.1, 0.15) is 46.9 Å². The van der Waals surface area contributed by atoms with Gasteiger partial charge in [0, 0.05) is 23.9 Å². The summed E-state index contributed by atoms with van der Waals surface area (Å²) in [6, 6.07) is 18.6. The Hall–Kier alpha value is -3.51. The van der Waals surface area contributed by atoms with Gasteiger partial charge in [-0.2, -0.15) is 0 Å². The highest BCUT2D eigenvalue weighted by molar-refractivity contribution is 6.08. The number of pyridine rings is 1. The number of nitrogens with one attached hydrogen (secondary N) is 1. The molecule has 2 heterocycles. The molecule has 1 saturated carbocycles. The van der Waals surface area contributed by atoms with Gasteiger partial charge in [-0.05, 0) is 73.6 Å². The molecule has 1 aliphatic carbocycles. The van der Waals surface area contributed by atoms with Crippen molar-refractivity contribution < 1.29 is 14.6 Å². The number of aliphatic hydroxyl groups is 1. The molecule has 0 spiro atoms. The van der Waals surface area contributed by atoms with E-state index < -0.39 is 0 Å². The maximum atomic E-state index is 12.8. The van der Waals surface area contributed by atoms with Crippen LogP contribution in [0.25, 0.3) is 11.0 Å². The lowest BCUT2D eigenvalue weighted by molar-refractivity contribution is 0.103. The fraction of sp³-hybridized carbons (Fsp3) is 0.240. The third-order valence-corrected chi connectivity index (χ3v) is 5.98. The normalized spacial score (nSPS) is 18.4. The number of benzene rings is 2. The molecule has 4 aromatic rings. The van der Waals surface area contributed by atoms with Crippen LogP contribution < -0.4 is 4.74 Å². The maximum absolute atomic E-state index is 12.8. The third kappa shape index (κ3) is 3.94. The average molecular weight is 413 g/mol. The summed E-state index contributed by atoms with van der Waals surface area (Å²) in [6.07, 6.45) is 4.71. The predicted molar refractivity (Wildman–Crippen MR) is 117 cm³/mol. The molecule has 0 bridgehead atoms. The lowest BCUT2D eigenvalue weighted by Crippen LogP contribution is -2.04. The molecule has 2 N–H and O–H groups in total. The van der Waals surface area contributed by atoms with Crippen molar-refractivity contribution in [2.24, 2.45) is 5.92 Å². The Bertz CT molecular complexity index is 1180. The first kappa shape index (κ1) is 19.5. The summed E-state index contributed by atoms with van der Waals surface area (Å²) in [5.74, 6) is 2.06. The van der Waals surface area contributed by atoms with Gasteiger partial charge in [0.25, 0.3) is 0 Å². The van der Waals surface area contributed by atoms with Crippen molar-refractivity contribution in [1.82, 2.24) is 15.0 Å². The highest BCUT2D eigenvalue weighted by atomic mass is 16.5. The number of fused-ring (bicyclic) bond motifs is 1. The molecule has 2 aromatic heterocycles. The van der Waals surface area contributed by atoms with E-state index in [-0.39, 0.29) is 12.4 Å². The lowest BCUT2D eigenvalue weighted by Gasteiger charge is -2.15. The summed E-state index contributed by atoms with van der Waals surface area (Å²) in [7, 11) is 0. The Morgan fingerprint density at radius 2 is 1.90 bits per heavy atom. The first-order valence-electron chi connectivity index (χ1n) is 10.5. The molecule has 1 aliphatic rings. The zero-order chi connectivity index (χ0) is 21.2. The standard InChI is InChI=1S/C25H23N3O3/c29-15-16-7-8-18(14-16)20-4-3-13-26-25(20)31-19-11-9-17(10-12-19)23(30)24-27-21-5-1-2-6-22(21)28-24/h1-6,9-13,16,18,29H,7-8,14-15H2,(H,27,28)/t16-,18-/m0/s1. The van der Waals surface area contributed by atoms with Crippen LogP contribution in [-0.4, -0.2) is 32.4 Å². The molecule has 5 rings (SSSR count). The molecule has 156 valence electrons. The zero-order valence-corrected chi connectivity index (χ0v) is 17.0. The maximum Gasteiger partial charge on any atom is 0.228 e. The number of aromatic nitrogens is 3. The minimum atomic E-state index is -0.165. The van der Waals surface area contributed by atoms with Crippen molar-refractivity contribution in [3.63, 3.8) is 0 Å². The van der Waals surface area contributed by atoms with E-state index in [1.165, 1.54) is 0 Å². The van der Waals surface area contributed by atoms with Crippen LogP contribution >= 0.6 is 0 Å². The quantitative estimate of drug-likeness (QED) is 0.441. The number of ether oxygens (including phenoxy) is 1. The highest BCUT2D eigenvalue weighted by Crippen LogP contribution is 2.41. The average Bonchev–Trinajstić information content (AvgIpc) is 3.46. The molecule has 2 aromatic carbocycles. The van der Waals surface area contributed by atoms with E-state index in [4.69, 9.17) is 4.74 Å². The number of nitrogens with zero attached hydrogens (tertiary/aromatic N) is 2. The first-order chi connectivity index (χ1) is 15.2. The number of hydrogen-bond donors (Lipinski definition) is 2. The smallest absolute Gasteiger partial charge is 0.228 e. The Labute approximate surface area is 179 Å². The number of hydrogen-bond acceptors (Lipinski definition) is 5. The third-order valence-electron chi connectivity index (χ3n) is 5.98. The van der Waals surface area contributed by atoms with Crippen LogP contribution in [-0.2, 0) is 0 Å². The van der Waals surface area contributed by atoms with Crippen LogP contribution in [0.2, 0.25) is 0 Å². The van der Waals surface area contributed by atoms with Crippen molar-refractivity contribution in [1.29, 1.82) is 0 Å². The second-order valence-corrected chi connectivity index (χ2v) is 8.01. The monoisotopic (exact) mass is 413 g/mol. The van der Waals surface area contributed by atoms with Crippen LogP contribution in [0.3, 0.4) is 0 Å². The van der Waals surface area contributed by atoms with Crippen LogP contribution in [0, 0.1) is 5.92 Å². The molecule has 6 nitrogen and oxygen atoms in total. The van der Waals surface area contributed by atoms with Crippen molar-refractivity contribution in [2.75, 3.05) is 6.61 Å². The zero-order valence-electron chi connectivity index (χ0n) is 17.0. The van der Waals surface area contributed by atoms with Crippen LogP contribution in [0.5, 0.6) is 11.6 Å². The van der Waals surface area contributed by atoms with Gasteiger partial charge in [0.1, 0.15) is 5.75 Å². The summed E-state index contributed by atoms with van der Waals surface area (Å²) >= 11 is 0. The fourth-order valence-electron chi connectivity index (χ4n) is 4.31. The van der Waals surface area contributed by atoms with Crippen molar-refractivity contribution in [2.45, 2.75) is 25.2 Å². The summed E-state index contributed by atoms with van der Waals surface area (Å²) < 4.78 is 6.07. The number of rotatable bonds is 6. The van der Waals surface area contributed by atoms with Gasteiger partial charge in [0.15, 0.2) is 5.82 Å². The van der Waals surface area contributed by atoms with Crippen LogP contribution in [0.15, 0.2) is 66.9 Å². The Balaban J connectivity index is 1.34. The summed E-state index contributed by atoms with van der Waals surface area (Å²) in [6.45, 7) is 0.230. The predicted octanol–water partition coefficient (Wildman–Crippen LogP) is 4.86. The molecular weight excluding hydrogens is 390 g/mol. The number of H-pyrrole nitrogens is 1. The van der Waals surface area contributed by atoms with E-state index in [0.717, 1.165) is 35.9 Å². The Morgan fingerprint density at radius 1 is 1.06 bits per heavy atom. The minimum absolute atomic E-state index is 0.165. The number of ketones is 1. The number of imidazole rings is 1. The van der Waals surface area contributed by atoms with E-state index in [9.17, 15) is 9.90 Å². The molecule has 2 atom stereocenters. The molecule has 1 fully saturated rings. The summed E-state index contributed by atoms with van der Waals surface area (Å²) in [4.78, 5) is 24.7. The topological polar surface area (TPSA) is 88.1 Å². The molecule has 31 heavy (non-hydrogen) atoms. The molecular formula is C25H23N3O3. The van der Waals surface area contributed by atoms with Gasteiger partial charge in [-0.3, -0.25) is 4.79 Å². The Morgan fingerprint density at radius 3 is 2.68 bits per heavy atom. The number of carbonyl (C=O) groups is 1. The number of carbonyl (C=O) groups excluding carboxylic acids is 1. The first-order valence-corrected chi connectivity index (χ1v) is 10.5. The van der Waals surface area contributed by atoms with Gasteiger partial charge < -0.3 is 14.8 Å². The number of aliphatic hydroxyl groups excluding tert-OH is 1. The molecule has 6 heteroatoms. The fourth-order valence-corrected chi connectivity index (χ4v) is 4.31. The van der Waals surface area contributed by atoms with E-state index >= 15 is 0 Å². The number of aromatic amines is 1. The summed E-state index contributed by atoms with van der Waals surface area (Å²) in [5.41, 5.74) is 3.21. The van der Waals surface area contributed by atoms with Crippen molar-refractivity contribution in [3.05, 3.63) is 83.8 Å². The second kappa shape index (κ2) is 8.32. The van der Waals surface area contributed by atoms with Gasteiger partial charge >= 0.3 is 0 Å². The Kier molecular flexibility index (Phi) is 5.22. The summed E-state index contributed by atoms with van der Waals surface area (Å²) in [5, 5.41) is 9.45. The molecule has 0 saturated heterocycles. The van der Waals surface area contributed by atoms with E-state index in [2.05, 4.69) is 15.0 Å². The van der Waals surface area contributed by atoms with Gasteiger partial charge in [-0.1, -0.05) is 18.2 Å². The van der Waals surface area contributed by atoms with E-state index in [1.54, 1.807) is 30.5 Å². The van der Waals surface area contributed by atoms with Gasteiger partial charge in [0.2, 0.25) is 11.7 Å². The van der Waals surface area contributed by atoms with Crippen molar-refractivity contribution >= 4 is 16.8 Å². The van der Waals surface area contributed by atoms with Gasteiger partial charge in [0.05, 0.1) is 11.0 Å². The molecule has 0 aliphatic heterocycles.